The van der Waals surface area contributed by atoms with Gasteiger partial charge in [0.1, 0.15) is 0 Å². The average molecular weight is 143 g/mol. The van der Waals surface area contributed by atoms with Gasteiger partial charge in [0.05, 0.1) is 0 Å². The zero-order chi connectivity index (χ0) is 8.04. The smallest absolute Gasteiger partial charge is 0.0173 e. The average Bonchev–Trinajstić information content (AvgIpc) is 2.01. The number of nitrogens with one attached hydrogen (secondary N) is 1. The standard InChI is InChI=1S/C9H21N/c1-5-9(6-2,7-3)10-8-4/h10H,5-8H2,1-4H3. The van der Waals surface area contributed by atoms with Gasteiger partial charge in [-0.05, 0) is 25.8 Å². The van der Waals surface area contributed by atoms with E-state index in [1.807, 2.05) is 0 Å². The van der Waals surface area contributed by atoms with Crippen LogP contribution in [0.25, 0.3) is 0 Å². The van der Waals surface area contributed by atoms with Crippen molar-refractivity contribution >= 4 is 0 Å². The van der Waals surface area contributed by atoms with Crippen molar-refractivity contribution in [3.63, 3.8) is 0 Å². The molecule has 0 rings (SSSR count). The first-order valence-electron chi connectivity index (χ1n) is 4.49. The lowest BCUT2D eigenvalue weighted by atomic mass is 9.90. The molecule has 0 amide bonds. The summed E-state index contributed by atoms with van der Waals surface area (Å²) in [5.74, 6) is 0. The molecule has 0 aliphatic heterocycles. The van der Waals surface area contributed by atoms with Gasteiger partial charge >= 0.3 is 0 Å². The maximum Gasteiger partial charge on any atom is 0.0173 e. The number of hydrogen-bond donors (Lipinski definition) is 1. The molecule has 10 heavy (non-hydrogen) atoms. The molecule has 0 aromatic heterocycles. The molecule has 1 nitrogen and oxygen atoms in total. The van der Waals surface area contributed by atoms with E-state index in [1.165, 1.54) is 19.3 Å². The van der Waals surface area contributed by atoms with Gasteiger partial charge in [-0.15, -0.1) is 0 Å². The molecule has 0 aliphatic rings. The van der Waals surface area contributed by atoms with Crippen LogP contribution in [0, 0.1) is 0 Å². The van der Waals surface area contributed by atoms with Crippen molar-refractivity contribution in [2.75, 3.05) is 6.54 Å². The van der Waals surface area contributed by atoms with E-state index >= 15 is 0 Å². The highest BCUT2D eigenvalue weighted by Crippen LogP contribution is 2.18. The molecule has 0 spiro atoms. The number of hydrogen-bond acceptors (Lipinski definition) is 1. The Bertz CT molecular complexity index is 66.5. The zero-order valence-corrected chi connectivity index (χ0v) is 7.83. The second-order valence-corrected chi connectivity index (χ2v) is 2.87. The predicted molar refractivity (Wildman–Crippen MR) is 47.3 cm³/mol. The van der Waals surface area contributed by atoms with E-state index in [2.05, 4.69) is 33.0 Å². The first-order valence-corrected chi connectivity index (χ1v) is 4.49. The summed E-state index contributed by atoms with van der Waals surface area (Å²) in [6, 6.07) is 0. The third-order valence-electron chi connectivity index (χ3n) is 2.58. The van der Waals surface area contributed by atoms with Crippen molar-refractivity contribution < 1.29 is 0 Å². The van der Waals surface area contributed by atoms with Crippen molar-refractivity contribution in [2.24, 2.45) is 0 Å². The molecule has 0 aromatic carbocycles. The summed E-state index contributed by atoms with van der Waals surface area (Å²) in [5, 5.41) is 3.55. The molecular formula is C9H21N. The van der Waals surface area contributed by atoms with Crippen molar-refractivity contribution in [2.45, 2.75) is 52.5 Å². The van der Waals surface area contributed by atoms with Gasteiger partial charge in [0, 0.05) is 5.54 Å². The molecule has 0 bridgehead atoms. The van der Waals surface area contributed by atoms with Crippen LogP contribution in [-0.2, 0) is 0 Å². The minimum atomic E-state index is 0.425. The van der Waals surface area contributed by atoms with E-state index in [-0.39, 0.29) is 0 Å². The monoisotopic (exact) mass is 143 g/mol. The second kappa shape index (κ2) is 4.73. The Morgan fingerprint density at radius 3 is 1.40 bits per heavy atom. The van der Waals surface area contributed by atoms with Crippen LogP contribution < -0.4 is 5.32 Å². The van der Waals surface area contributed by atoms with Crippen LogP contribution in [0.5, 0.6) is 0 Å². The van der Waals surface area contributed by atoms with Gasteiger partial charge in [-0.3, -0.25) is 0 Å². The Morgan fingerprint density at radius 1 is 0.900 bits per heavy atom. The van der Waals surface area contributed by atoms with Crippen LogP contribution >= 0.6 is 0 Å². The van der Waals surface area contributed by atoms with Gasteiger partial charge < -0.3 is 5.32 Å². The predicted octanol–water partition coefficient (Wildman–Crippen LogP) is 2.56. The Morgan fingerprint density at radius 2 is 1.30 bits per heavy atom. The first-order chi connectivity index (χ1) is 4.74. The molecular weight excluding hydrogens is 122 g/mol. The van der Waals surface area contributed by atoms with Crippen LogP contribution in [0.1, 0.15) is 47.0 Å². The highest BCUT2D eigenvalue weighted by Gasteiger charge is 2.21. The van der Waals surface area contributed by atoms with Crippen LogP contribution in [0.3, 0.4) is 0 Å². The van der Waals surface area contributed by atoms with E-state index < -0.39 is 0 Å². The molecule has 0 saturated carbocycles. The van der Waals surface area contributed by atoms with Crippen molar-refractivity contribution in [1.29, 1.82) is 0 Å². The fourth-order valence-corrected chi connectivity index (χ4v) is 1.50. The van der Waals surface area contributed by atoms with Crippen molar-refractivity contribution in [3.05, 3.63) is 0 Å². The topological polar surface area (TPSA) is 12.0 Å². The Labute approximate surface area is 65.2 Å². The Hall–Kier alpha value is -0.0400. The van der Waals surface area contributed by atoms with Gasteiger partial charge in [-0.1, -0.05) is 27.7 Å². The molecule has 0 saturated heterocycles. The zero-order valence-electron chi connectivity index (χ0n) is 7.83. The van der Waals surface area contributed by atoms with Crippen molar-refractivity contribution in [1.82, 2.24) is 5.32 Å². The molecule has 0 atom stereocenters. The van der Waals surface area contributed by atoms with E-state index in [1.54, 1.807) is 0 Å². The molecule has 0 aromatic rings. The van der Waals surface area contributed by atoms with Crippen LogP contribution in [0.4, 0.5) is 0 Å². The minimum Gasteiger partial charge on any atom is -0.312 e. The van der Waals surface area contributed by atoms with Gasteiger partial charge in [0.15, 0.2) is 0 Å². The lowest BCUT2D eigenvalue weighted by molar-refractivity contribution is 0.297. The molecule has 0 unspecified atom stereocenters. The van der Waals surface area contributed by atoms with Crippen LogP contribution in [-0.4, -0.2) is 12.1 Å². The number of rotatable bonds is 5. The summed E-state index contributed by atoms with van der Waals surface area (Å²) >= 11 is 0. The van der Waals surface area contributed by atoms with E-state index in [4.69, 9.17) is 0 Å². The molecule has 0 aliphatic carbocycles. The summed E-state index contributed by atoms with van der Waals surface area (Å²) < 4.78 is 0. The fraction of sp³-hybridized carbons (Fsp3) is 1.00. The van der Waals surface area contributed by atoms with Crippen molar-refractivity contribution in [3.8, 4) is 0 Å². The molecule has 1 heteroatoms. The Balaban J connectivity index is 3.87. The summed E-state index contributed by atoms with van der Waals surface area (Å²) in [4.78, 5) is 0. The molecule has 1 N–H and O–H groups in total. The van der Waals surface area contributed by atoms with E-state index in [0.717, 1.165) is 6.54 Å². The summed E-state index contributed by atoms with van der Waals surface area (Å²) in [5.41, 5.74) is 0.425. The van der Waals surface area contributed by atoms with Crippen LogP contribution in [0.2, 0.25) is 0 Å². The molecule has 0 heterocycles. The lowest BCUT2D eigenvalue weighted by Gasteiger charge is -2.31. The summed E-state index contributed by atoms with van der Waals surface area (Å²) in [7, 11) is 0. The summed E-state index contributed by atoms with van der Waals surface area (Å²) in [6.45, 7) is 10.0. The van der Waals surface area contributed by atoms with Gasteiger partial charge in [0.25, 0.3) is 0 Å². The normalized spacial score (nSPS) is 12.0. The maximum atomic E-state index is 3.55. The third kappa shape index (κ3) is 2.30. The van der Waals surface area contributed by atoms with Gasteiger partial charge in [0.2, 0.25) is 0 Å². The highest BCUT2D eigenvalue weighted by molar-refractivity contribution is 4.82. The van der Waals surface area contributed by atoms with E-state index in [9.17, 15) is 0 Å². The lowest BCUT2D eigenvalue weighted by Crippen LogP contribution is -2.43. The Kier molecular flexibility index (Phi) is 4.71. The molecule has 0 radical (unpaired) electrons. The van der Waals surface area contributed by atoms with Gasteiger partial charge in [-0.25, -0.2) is 0 Å². The summed E-state index contributed by atoms with van der Waals surface area (Å²) in [6.07, 6.45) is 3.73. The molecule has 0 fully saturated rings. The first kappa shape index (κ1) is 9.96. The largest absolute Gasteiger partial charge is 0.312 e. The quantitative estimate of drug-likeness (QED) is 0.623. The highest BCUT2D eigenvalue weighted by atomic mass is 15.0. The minimum absolute atomic E-state index is 0.425. The third-order valence-corrected chi connectivity index (χ3v) is 2.58. The SMILES string of the molecule is CCNC(CC)(CC)CC. The molecule has 62 valence electrons. The fourth-order valence-electron chi connectivity index (χ4n) is 1.50. The maximum absolute atomic E-state index is 3.55. The van der Waals surface area contributed by atoms with E-state index in [0.29, 0.717) is 5.54 Å². The van der Waals surface area contributed by atoms with Gasteiger partial charge in [-0.2, -0.15) is 0 Å². The second-order valence-electron chi connectivity index (χ2n) is 2.87. The van der Waals surface area contributed by atoms with Crippen LogP contribution in [0.15, 0.2) is 0 Å².